The van der Waals surface area contributed by atoms with Crippen molar-refractivity contribution in [3.63, 3.8) is 0 Å². The van der Waals surface area contributed by atoms with Crippen LogP contribution in [0.25, 0.3) is 11.5 Å². The summed E-state index contributed by atoms with van der Waals surface area (Å²) < 4.78 is 10.2. The highest BCUT2D eigenvalue weighted by atomic mass is 32.2. The number of amides is 1. The summed E-state index contributed by atoms with van der Waals surface area (Å²) in [4.78, 5) is 11.8. The third-order valence-corrected chi connectivity index (χ3v) is 3.58. The van der Waals surface area contributed by atoms with Crippen LogP contribution in [0.1, 0.15) is 5.69 Å². The maximum Gasteiger partial charge on any atom is 0.237 e. The number of nitrogens with zero attached hydrogens (tertiary/aromatic N) is 3. The number of aromatic nitrogens is 3. The van der Waals surface area contributed by atoms with Gasteiger partial charge < -0.3 is 8.94 Å². The Morgan fingerprint density at radius 2 is 2.23 bits per heavy atom. The summed E-state index contributed by atoms with van der Waals surface area (Å²) in [5.74, 6) is 0.997. The first-order valence-electron chi connectivity index (χ1n) is 6.44. The van der Waals surface area contributed by atoms with E-state index in [-0.39, 0.29) is 11.7 Å². The fraction of sp³-hybridized carbons (Fsp3) is 0.143. The Bertz CT molecular complexity index is 753. The van der Waals surface area contributed by atoms with E-state index in [1.54, 1.807) is 37.5 Å². The molecule has 22 heavy (non-hydrogen) atoms. The van der Waals surface area contributed by atoms with Crippen LogP contribution >= 0.6 is 11.8 Å². The van der Waals surface area contributed by atoms with Crippen molar-refractivity contribution in [3.8, 4) is 11.5 Å². The van der Waals surface area contributed by atoms with Crippen LogP contribution in [0.5, 0.6) is 0 Å². The Kier molecular flexibility index (Phi) is 4.19. The maximum atomic E-state index is 11.8. The van der Waals surface area contributed by atoms with Crippen LogP contribution in [0.2, 0.25) is 0 Å². The molecule has 112 valence electrons. The number of carbonyl (C=O) groups is 1. The van der Waals surface area contributed by atoms with E-state index in [2.05, 4.69) is 20.7 Å². The molecule has 0 atom stereocenters. The molecule has 1 N–H and O–H groups in total. The fourth-order valence-electron chi connectivity index (χ4n) is 1.69. The molecule has 3 heterocycles. The van der Waals surface area contributed by atoms with E-state index in [9.17, 15) is 4.79 Å². The van der Waals surface area contributed by atoms with E-state index in [0.29, 0.717) is 28.1 Å². The largest absolute Gasteiger partial charge is 0.463 e. The van der Waals surface area contributed by atoms with Crippen LogP contribution in [0.3, 0.4) is 0 Å². The molecule has 0 aliphatic carbocycles. The molecular formula is C14H12N4O3S. The number of thioether (sulfide) groups is 1. The number of hydrogen-bond donors (Lipinski definition) is 1. The predicted molar refractivity (Wildman–Crippen MR) is 80.3 cm³/mol. The van der Waals surface area contributed by atoms with Gasteiger partial charge in [0.05, 0.1) is 17.7 Å². The first-order valence-corrected chi connectivity index (χ1v) is 7.43. The zero-order chi connectivity index (χ0) is 15.4. The van der Waals surface area contributed by atoms with Crippen molar-refractivity contribution in [1.29, 1.82) is 0 Å². The zero-order valence-electron chi connectivity index (χ0n) is 11.6. The van der Waals surface area contributed by atoms with Crippen LogP contribution < -0.4 is 5.32 Å². The second-order valence-corrected chi connectivity index (χ2v) is 5.40. The molecule has 0 saturated heterocycles. The molecule has 8 heteroatoms. The molecule has 0 aromatic carbocycles. The number of nitrogens with one attached hydrogen (secondary N) is 1. The van der Waals surface area contributed by atoms with Gasteiger partial charge in [-0.3, -0.25) is 10.1 Å². The molecular weight excluding hydrogens is 304 g/mol. The highest BCUT2D eigenvalue weighted by Crippen LogP contribution is 2.20. The smallest absolute Gasteiger partial charge is 0.237 e. The Hall–Kier alpha value is -2.61. The lowest BCUT2D eigenvalue weighted by atomic mass is 10.3. The van der Waals surface area contributed by atoms with Gasteiger partial charge in [-0.1, -0.05) is 16.9 Å². The molecule has 0 spiro atoms. The molecule has 0 aliphatic rings. The van der Waals surface area contributed by atoms with Crippen LogP contribution in [0.4, 0.5) is 5.88 Å². The summed E-state index contributed by atoms with van der Waals surface area (Å²) in [5.41, 5.74) is 1.36. The molecule has 3 aromatic rings. The minimum absolute atomic E-state index is 0.196. The molecule has 0 unspecified atom stereocenters. The second kappa shape index (κ2) is 6.44. The second-order valence-electron chi connectivity index (χ2n) is 4.40. The summed E-state index contributed by atoms with van der Waals surface area (Å²) >= 11 is 1.28. The van der Waals surface area contributed by atoms with Crippen molar-refractivity contribution in [2.24, 2.45) is 0 Å². The Morgan fingerprint density at radius 1 is 1.32 bits per heavy atom. The highest BCUT2D eigenvalue weighted by Gasteiger charge is 2.09. The topological polar surface area (TPSA) is 94.1 Å². The van der Waals surface area contributed by atoms with Crippen LogP contribution in [-0.4, -0.2) is 27.0 Å². The van der Waals surface area contributed by atoms with Crippen LogP contribution in [0.15, 0.2) is 50.6 Å². The first kappa shape index (κ1) is 14.3. The lowest BCUT2D eigenvalue weighted by Crippen LogP contribution is -2.13. The number of aryl methyl sites for hydroxylation is 1. The van der Waals surface area contributed by atoms with Gasteiger partial charge in [0.15, 0.2) is 5.76 Å². The standard InChI is InChI=1S/C14H12N4O3S/c1-9-7-13(21-18-9)15-12(19)8-22-14-5-4-10(16-17-14)11-3-2-6-20-11/h2-7H,8H2,1H3,(H,15,19). The van der Waals surface area contributed by atoms with Crippen molar-refractivity contribution < 1.29 is 13.7 Å². The van der Waals surface area contributed by atoms with Crippen LogP contribution in [0, 0.1) is 6.92 Å². The van der Waals surface area contributed by atoms with Gasteiger partial charge in [-0.05, 0) is 31.2 Å². The molecule has 0 radical (unpaired) electrons. The van der Waals surface area contributed by atoms with E-state index in [1.165, 1.54) is 11.8 Å². The minimum atomic E-state index is -0.196. The van der Waals surface area contributed by atoms with Gasteiger partial charge in [0.2, 0.25) is 11.8 Å². The number of hydrogen-bond acceptors (Lipinski definition) is 7. The van der Waals surface area contributed by atoms with Crippen molar-refractivity contribution in [3.05, 3.63) is 42.3 Å². The predicted octanol–water partition coefficient (Wildman–Crippen LogP) is 2.76. The van der Waals surface area contributed by atoms with E-state index < -0.39 is 0 Å². The molecule has 1 amide bonds. The van der Waals surface area contributed by atoms with Gasteiger partial charge in [-0.2, -0.15) is 0 Å². The van der Waals surface area contributed by atoms with Crippen LogP contribution in [-0.2, 0) is 4.79 Å². The zero-order valence-corrected chi connectivity index (χ0v) is 12.5. The Labute approximate surface area is 130 Å². The summed E-state index contributed by atoms with van der Waals surface area (Å²) in [5, 5.41) is 15.1. The Balaban J connectivity index is 1.54. The summed E-state index contributed by atoms with van der Waals surface area (Å²) in [7, 11) is 0. The molecule has 0 saturated carbocycles. The van der Waals surface area contributed by atoms with E-state index in [0.717, 1.165) is 0 Å². The van der Waals surface area contributed by atoms with Gasteiger partial charge in [-0.25, -0.2) is 0 Å². The maximum absolute atomic E-state index is 11.8. The van der Waals surface area contributed by atoms with Crippen molar-refractivity contribution in [2.75, 3.05) is 11.1 Å². The molecule has 0 fully saturated rings. The molecule has 3 aromatic heterocycles. The van der Waals surface area contributed by atoms with Gasteiger partial charge in [0, 0.05) is 6.07 Å². The molecule has 7 nitrogen and oxygen atoms in total. The van der Waals surface area contributed by atoms with Crippen molar-refractivity contribution in [2.45, 2.75) is 11.9 Å². The van der Waals surface area contributed by atoms with Gasteiger partial charge in [0.25, 0.3) is 0 Å². The number of anilines is 1. The van der Waals surface area contributed by atoms with Gasteiger partial charge in [-0.15, -0.1) is 10.2 Å². The number of rotatable bonds is 5. The average molecular weight is 316 g/mol. The molecule has 3 rings (SSSR count). The SMILES string of the molecule is Cc1cc(NC(=O)CSc2ccc(-c3ccco3)nn2)on1. The quantitative estimate of drug-likeness (QED) is 0.723. The molecule has 0 aliphatic heterocycles. The molecule has 0 bridgehead atoms. The first-order chi connectivity index (χ1) is 10.7. The Morgan fingerprint density at radius 3 is 2.86 bits per heavy atom. The highest BCUT2D eigenvalue weighted by molar-refractivity contribution is 7.99. The average Bonchev–Trinajstić information content (AvgIpc) is 3.18. The number of furan rings is 1. The normalized spacial score (nSPS) is 10.6. The lowest BCUT2D eigenvalue weighted by Gasteiger charge is -2.01. The number of carbonyl (C=O) groups excluding carboxylic acids is 1. The fourth-order valence-corrected chi connectivity index (χ4v) is 2.30. The third kappa shape index (κ3) is 3.53. The van der Waals surface area contributed by atoms with E-state index >= 15 is 0 Å². The van der Waals surface area contributed by atoms with E-state index in [1.807, 2.05) is 6.07 Å². The minimum Gasteiger partial charge on any atom is -0.463 e. The van der Waals surface area contributed by atoms with Crippen molar-refractivity contribution >= 4 is 23.6 Å². The summed E-state index contributed by atoms with van der Waals surface area (Å²) in [6, 6.07) is 8.84. The monoisotopic (exact) mass is 316 g/mol. The van der Waals surface area contributed by atoms with E-state index in [4.69, 9.17) is 8.94 Å². The summed E-state index contributed by atoms with van der Waals surface area (Å²) in [6.07, 6.45) is 1.58. The van der Waals surface area contributed by atoms with Gasteiger partial charge in [0.1, 0.15) is 10.7 Å². The lowest BCUT2D eigenvalue weighted by molar-refractivity contribution is -0.113. The van der Waals surface area contributed by atoms with Gasteiger partial charge >= 0.3 is 0 Å². The third-order valence-electron chi connectivity index (χ3n) is 2.66. The summed E-state index contributed by atoms with van der Waals surface area (Å²) in [6.45, 7) is 1.78. The van der Waals surface area contributed by atoms with Crippen molar-refractivity contribution in [1.82, 2.24) is 15.4 Å².